The maximum Gasteiger partial charge on any atom is 0.472 e. The minimum absolute atomic E-state index is 0.108. The van der Waals surface area contributed by atoms with Crippen molar-refractivity contribution in [2.45, 2.75) is 471 Å². The summed E-state index contributed by atoms with van der Waals surface area (Å²) in [7, 11) is -9.93. The van der Waals surface area contributed by atoms with Gasteiger partial charge in [0.25, 0.3) is 0 Å². The summed E-state index contributed by atoms with van der Waals surface area (Å²) in [5.41, 5.74) is 0. The van der Waals surface area contributed by atoms with Gasteiger partial charge in [-0.1, -0.05) is 401 Å². The van der Waals surface area contributed by atoms with Crippen LogP contribution in [-0.4, -0.2) is 96.7 Å². The lowest BCUT2D eigenvalue weighted by atomic mass is 9.99. The first-order valence-electron chi connectivity index (χ1n) is 44.0. The molecular weight excluding hydrogens is 1350 g/mol. The second kappa shape index (κ2) is 76.4. The van der Waals surface area contributed by atoms with Crippen molar-refractivity contribution in [3.05, 3.63) is 0 Å². The molecular formula is C85H166O17P2. The Labute approximate surface area is 638 Å². The van der Waals surface area contributed by atoms with E-state index in [-0.39, 0.29) is 25.7 Å². The Morgan fingerprint density at radius 1 is 0.279 bits per heavy atom. The number of carbonyl (C=O) groups excluding carboxylic acids is 4. The second-order valence-electron chi connectivity index (χ2n) is 31.3. The number of aliphatic hydroxyl groups is 1. The van der Waals surface area contributed by atoms with Crippen LogP contribution >= 0.6 is 15.6 Å². The van der Waals surface area contributed by atoms with Crippen LogP contribution in [0.25, 0.3) is 0 Å². The van der Waals surface area contributed by atoms with Crippen molar-refractivity contribution in [3.8, 4) is 0 Å². The molecule has 17 nitrogen and oxygen atoms in total. The third-order valence-electron chi connectivity index (χ3n) is 20.3. The number of phosphoric ester groups is 2. The van der Waals surface area contributed by atoms with E-state index in [1.54, 1.807) is 0 Å². The normalized spacial score (nSPS) is 14.1. The van der Waals surface area contributed by atoms with E-state index < -0.39 is 97.5 Å². The van der Waals surface area contributed by atoms with Gasteiger partial charge in [-0.05, 0) is 37.5 Å². The standard InChI is InChI=1S/C85H166O17P2/c1-7-10-12-14-16-18-20-22-24-26-28-29-34-38-42-49-55-61-67-82(87)95-73-80(101-84(89)70-64-58-52-44-40-36-32-31-33-37-41-48-54-60-66-78(6)9-3)75-99-103(91,92)97-71-79(86)72-98-104(93,94)100-76-81(74-96-83(88)68-62-56-50-46-45-47-53-59-65-77(4)5)102-85(90)69-63-57-51-43-39-35-30-27-25-23-21-19-17-15-13-11-8-2/h77-81,86H,7-76H2,1-6H3,(H,91,92)(H,93,94)/t78?,79-,80-,81-/m1/s1. The largest absolute Gasteiger partial charge is 0.472 e. The van der Waals surface area contributed by atoms with Gasteiger partial charge in [0.1, 0.15) is 19.3 Å². The fourth-order valence-corrected chi connectivity index (χ4v) is 14.8. The SMILES string of the molecule is CCCCCCCCCCCCCCCCCCCCC(=O)OC[C@H](COP(=O)(O)OC[C@@H](O)COP(=O)(O)OC[C@@H](COC(=O)CCCCCCCCCCC(C)C)OC(=O)CCCCCCCCCCCCCCCCCCC)OC(=O)CCCCCCCCCCCCCCCCC(C)CC. The second-order valence-corrected chi connectivity index (χ2v) is 34.2. The molecule has 3 unspecified atom stereocenters. The Morgan fingerprint density at radius 3 is 0.731 bits per heavy atom. The third kappa shape index (κ3) is 76.8. The van der Waals surface area contributed by atoms with Gasteiger partial charge in [-0.3, -0.25) is 37.3 Å². The Kier molecular flexibility index (Phi) is 75.0. The van der Waals surface area contributed by atoms with E-state index in [0.29, 0.717) is 25.7 Å². The van der Waals surface area contributed by atoms with E-state index in [0.717, 1.165) is 102 Å². The van der Waals surface area contributed by atoms with E-state index in [2.05, 4.69) is 41.5 Å². The number of phosphoric acid groups is 2. The smallest absolute Gasteiger partial charge is 0.462 e. The molecule has 0 aliphatic heterocycles. The molecule has 618 valence electrons. The monoisotopic (exact) mass is 1520 g/mol. The van der Waals surface area contributed by atoms with Gasteiger partial charge in [0.2, 0.25) is 0 Å². The molecule has 0 aromatic rings. The van der Waals surface area contributed by atoms with Gasteiger partial charge in [0, 0.05) is 25.7 Å². The fraction of sp³-hybridized carbons (Fsp3) is 0.953. The lowest BCUT2D eigenvalue weighted by molar-refractivity contribution is -0.161. The van der Waals surface area contributed by atoms with Crippen molar-refractivity contribution in [1.82, 2.24) is 0 Å². The zero-order valence-corrected chi connectivity index (χ0v) is 70.1. The number of esters is 4. The minimum Gasteiger partial charge on any atom is -0.462 e. The molecule has 0 amide bonds. The molecule has 3 N–H and O–H groups in total. The Balaban J connectivity index is 5.25. The highest BCUT2D eigenvalue weighted by atomic mass is 31.2. The quantitative estimate of drug-likeness (QED) is 0.0222. The van der Waals surface area contributed by atoms with Crippen molar-refractivity contribution in [1.29, 1.82) is 0 Å². The molecule has 0 bridgehead atoms. The summed E-state index contributed by atoms with van der Waals surface area (Å²) in [6, 6.07) is 0. The molecule has 0 fully saturated rings. The fourth-order valence-electron chi connectivity index (χ4n) is 13.2. The number of hydrogen-bond donors (Lipinski definition) is 3. The number of unbranched alkanes of at least 4 members (excludes halogenated alkanes) is 53. The maximum atomic E-state index is 13.1. The molecule has 0 spiro atoms. The van der Waals surface area contributed by atoms with Gasteiger partial charge in [-0.25, -0.2) is 9.13 Å². The summed E-state index contributed by atoms with van der Waals surface area (Å²) >= 11 is 0. The highest BCUT2D eigenvalue weighted by molar-refractivity contribution is 7.47. The summed E-state index contributed by atoms with van der Waals surface area (Å²) in [4.78, 5) is 73.2. The number of hydrogen-bond acceptors (Lipinski definition) is 15. The van der Waals surface area contributed by atoms with Crippen molar-refractivity contribution >= 4 is 39.5 Å². The molecule has 0 rings (SSSR count). The van der Waals surface area contributed by atoms with E-state index in [9.17, 15) is 43.2 Å². The molecule has 0 aliphatic rings. The molecule has 0 aromatic heterocycles. The predicted octanol–water partition coefficient (Wildman–Crippen LogP) is 25.8. The number of rotatable bonds is 84. The molecule has 0 heterocycles. The number of carbonyl (C=O) groups is 4. The van der Waals surface area contributed by atoms with Crippen LogP contribution in [0.5, 0.6) is 0 Å². The van der Waals surface area contributed by atoms with Crippen molar-refractivity contribution < 1.29 is 80.2 Å². The summed E-state index contributed by atoms with van der Waals surface area (Å²) in [5, 5.41) is 10.7. The van der Waals surface area contributed by atoms with Crippen LogP contribution in [0.1, 0.15) is 452 Å². The molecule has 6 atom stereocenters. The lowest BCUT2D eigenvalue weighted by Crippen LogP contribution is -2.30. The predicted molar refractivity (Wildman–Crippen MR) is 428 cm³/mol. The van der Waals surface area contributed by atoms with E-state index in [1.165, 1.54) is 270 Å². The van der Waals surface area contributed by atoms with Crippen LogP contribution in [0.2, 0.25) is 0 Å². The number of aliphatic hydroxyl groups excluding tert-OH is 1. The average Bonchev–Trinajstić information content (AvgIpc) is 0.902. The molecule has 0 aliphatic carbocycles. The zero-order chi connectivity index (χ0) is 76.4. The van der Waals surface area contributed by atoms with Gasteiger partial charge < -0.3 is 33.8 Å². The summed E-state index contributed by atoms with van der Waals surface area (Å²) in [6.45, 7) is 9.69. The maximum absolute atomic E-state index is 13.1. The first-order valence-corrected chi connectivity index (χ1v) is 47.0. The van der Waals surface area contributed by atoms with Crippen LogP contribution in [0.4, 0.5) is 0 Å². The summed E-state index contributed by atoms with van der Waals surface area (Å²) in [6.07, 6.45) is 67.9. The van der Waals surface area contributed by atoms with E-state index in [1.807, 2.05) is 0 Å². The first-order chi connectivity index (χ1) is 50.4. The molecule has 0 aromatic carbocycles. The molecule has 104 heavy (non-hydrogen) atoms. The van der Waals surface area contributed by atoms with Crippen LogP contribution in [0.15, 0.2) is 0 Å². The number of ether oxygens (including phenoxy) is 4. The Bertz CT molecular complexity index is 2000. The van der Waals surface area contributed by atoms with Crippen LogP contribution in [-0.2, 0) is 65.4 Å². The van der Waals surface area contributed by atoms with E-state index in [4.69, 9.17) is 37.0 Å². The van der Waals surface area contributed by atoms with Crippen LogP contribution in [0, 0.1) is 11.8 Å². The first kappa shape index (κ1) is 102. The van der Waals surface area contributed by atoms with E-state index >= 15 is 0 Å². The van der Waals surface area contributed by atoms with Crippen LogP contribution < -0.4 is 0 Å². The van der Waals surface area contributed by atoms with Crippen LogP contribution in [0.3, 0.4) is 0 Å². The van der Waals surface area contributed by atoms with Crippen molar-refractivity contribution in [2.75, 3.05) is 39.6 Å². The Hall–Kier alpha value is -1.94. The highest BCUT2D eigenvalue weighted by Crippen LogP contribution is 2.45. The Morgan fingerprint density at radius 2 is 0.490 bits per heavy atom. The molecule has 0 radical (unpaired) electrons. The molecule has 0 saturated heterocycles. The average molecular weight is 1520 g/mol. The zero-order valence-electron chi connectivity index (χ0n) is 68.3. The van der Waals surface area contributed by atoms with Gasteiger partial charge in [-0.15, -0.1) is 0 Å². The van der Waals surface area contributed by atoms with Gasteiger partial charge in [-0.2, -0.15) is 0 Å². The van der Waals surface area contributed by atoms with Crippen molar-refractivity contribution in [2.24, 2.45) is 11.8 Å². The van der Waals surface area contributed by atoms with Crippen molar-refractivity contribution in [3.63, 3.8) is 0 Å². The lowest BCUT2D eigenvalue weighted by Gasteiger charge is -2.21. The van der Waals surface area contributed by atoms with Gasteiger partial charge in [0.15, 0.2) is 12.2 Å². The minimum atomic E-state index is -4.97. The molecule has 19 heteroatoms. The van der Waals surface area contributed by atoms with Gasteiger partial charge >= 0.3 is 39.5 Å². The summed E-state index contributed by atoms with van der Waals surface area (Å²) < 4.78 is 68.9. The topological polar surface area (TPSA) is 237 Å². The summed E-state index contributed by atoms with van der Waals surface area (Å²) in [5.74, 6) is -0.530. The highest BCUT2D eigenvalue weighted by Gasteiger charge is 2.30. The molecule has 0 saturated carbocycles. The third-order valence-corrected chi connectivity index (χ3v) is 22.2. The van der Waals surface area contributed by atoms with Gasteiger partial charge in [0.05, 0.1) is 26.4 Å².